The maximum atomic E-state index is 12.4. The van der Waals surface area contributed by atoms with E-state index in [0.717, 1.165) is 23.9 Å². The van der Waals surface area contributed by atoms with Gasteiger partial charge in [0, 0.05) is 17.9 Å². The van der Waals surface area contributed by atoms with Crippen LogP contribution in [0.25, 0.3) is 0 Å². The lowest BCUT2D eigenvalue weighted by molar-refractivity contribution is -0.131. The molecule has 1 amide bonds. The van der Waals surface area contributed by atoms with Crippen molar-refractivity contribution in [2.45, 2.75) is 25.8 Å². The lowest BCUT2D eigenvalue weighted by atomic mass is 10.0. The summed E-state index contributed by atoms with van der Waals surface area (Å²) in [6.07, 6.45) is 1.45. The zero-order chi connectivity index (χ0) is 14.0. The topological polar surface area (TPSA) is 20.3 Å². The first-order valence-electron chi connectivity index (χ1n) is 6.32. The normalized spacial score (nSPS) is 22.8. The maximum Gasteiger partial charge on any atom is 0.227 e. The van der Waals surface area contributed by atoms with Crippen LogP contribution in [0.2, 0.25) is 10.0 Å². The fourth-order valence-electron chi connectivity index (χ4n) is 2.48. The molecule has 1 aromatic rings. The zero-order valence-corrected chi connectivity index (χ0v) is 13.8. The Bertz CT molecular complexity index is 481. The molecule has 2 atom stereocenters. The smallest absolute Gasteiger partial charge is 0.227 e. The third-order valence-electron chi connectivity index (χ3n) is 3.70. The van der Waals surface area contributed by atoms with Crippen molar-refractivity contribution < 1.29 is 4.79 Å². The predicted octanol–water partition coefficient (Wildman–Crippen LogP) is 4.17. The van der Waals surface area contributed by atoms with Gasteiger partial charge < -0.3 is 4.90 Å². The highest BCUT2D eigenvalue weighted by molar-refractivity contribution is 9.09. The summed E-state index contributed by atoms with van der Waals surface area (Å²) in [5.41, 5.74) is 0.910. The number of benzene rings is 1. The van der Waals surface area contributed by atoms with Gasteiger partial charge >= 0.3 is 0 Å². The molecule has 2 unspecified atom stereocenters. The number of carbonyl (C=O) groups excluding carboxylic acids is 1. The number of hydrogen-bond acceptors (Lipinski definition) is 1. The Balaban J connectivity index is 2.06. The highest BCUT2D eigenvalue weighted by Crippen LogP contribution is 2.27. The Labute approximate surface area is 132 Å². The van der Waals surface area contributed by atoms with Crippen molar-refractivity contribution in [3.63, 3.8) is 0 Å². The molecule has 0 saturated carbocycles. The largest absolute Gasteiger partial charge is 0.338 e. The first kappa shape index (κ1) is 15.1. The van der Waals surface area contributed by atoms with E-state index >= 15 is 0 Å². The second kappa shape index (κ2) is 6.47. The van der Waals surface area contributed by atoms with E-state index in [9.17, 15) is 4.79 Å². The molecule has 0 spiro atoms. The molecule has 2 nitrogen and oxygen atoms in total. The summed E-state index contributed by atoms with van der Waals surface area (Å²) in [5, 5.41) is 1.85. The summed E-state index contributed by atoms with van der Waals surface area (Å²) in [4.78, 5) is 14.3. The highest BCUT2D eigenvalue weighted by Gasteiger charge is 2.33. The van der Waals surface area contributed by atoms with Crippen LogP contribution >= 0.6 is 39.1 Å². The molecule has 1 aromatic carbocycles. The predicted molar refractivity (Wildman–Crippen MR) is 83.2 cm³/mol. The molecule has 19 heavy (non-hydrogen) atoms. The van der Waals surface area contributed by atoms with Crippen LogP contribution in [0.4, 0.5) is 0 Å². The number of halogens is 3. The molecule has 0 N–H and O–H groups in total. The van der Waals surface area contributed by atoms with E-state index in [1.807, 2.05) is 11.0 Å². The van der Waals surface area contributed by atoms with E-state index in [0.29, 0.717) is 28.4 Å². The van der Waals surface area contributed by atoms with Crippen LogP contribution in [0.1, 0.15) is 18.9 Å². The van der Waals surface area contributed by atoms with Gasteiger partial charge in [-0.25, -0.2) is 0 Å². The molecule has 0 aromatic heterocycles. The number of alkyl halides is 1. The summed E-state index contributed by atoms with van der Waals surface area (Å²) in [6.45, 7) is 3.04. The van der Waals surface area contributed by atoms with E-state index < -0.39 is 0 Å². The minimum atomic E-state index is 0.159. The van der Waals surface area contributed by atoms with Gasteiger partial charge in [0.2, 0.25) is 5.91 Å². The molecule has 5 heteroatoms. The first-order chi connectivity index (χ1) is 9.02. The van der Waals surface area contributed by atoms with Crippen molar-refractivity contribution in [3.05, 3.63) is 33.8 Å². The average Bonchev–Trinajstić information content (AvgIpc) is 2.75. The van der Waals surface area contributed by atoms with Crippen molar-refractivity contribution in [2.75, 3.05) is 11.9 Å². The van der Waals surface area contributed by atoms with Crippen molar-refractivity contribution in [1.29, 1.82) is 0 Å². The number of amides is 1. The van der Waals surface area contributed by atoms with Crippen LogP contribution in [0.15, 0.2) is 18.2 Å². The third-order valence-corrected chi connectivity index (χ3v) is 5.10. The SMILES string of the molecule is CC1CCN(C(=O)Cc2ccc(Cl)c(Cl)c2)C1CBr. The number of likely N-dealkylation sites (tertiary alicyclic amines) is 1. The van der Waals surface area contributed by atoms with Crippen molar-refractivity contribution in [1.82, 2.24) is 4.90 Å². The van der Waals surface area contributed by atoms with Crippen LogP contribution in [-0.4, -0.2) is 28.7 Å². The van der Waals surface area contributed by atoms with E-state index in [-0.39, 0.29) is 5.91 Å². The molecule has 1 fully saturated rings. The van der Waals surface area contributed by atoms with Gasteiger partial charge in [-0.3, -0.25) is 4.79 Å². The van der Waals surface area contributed by atoms with Gasteiger partial charge in [-0.15, -0.1) is 0 Å². The fourth-order valence-corrected chi connectivity index (χ4v) is 3.79. The van der Waals surface area contributed by atoms with Crippen LogP contribution in [0.3, 0.4) is 0 Å². The molecule has 104 valence electrons. The van der Waals surface area contributed by atoms with Crippen molar-refractivity contribution >= 4 is 45.0 Å². The van der Waals surface area contributed by atoms with Crippen LogP contribution in [-0.2, 0) is 11.2 Å². The van der Waals surface area contributed by atoms with E-state index in [2.05, 4.69) is 22.9 Å². The molecular weight excluding hydrogens is 349 g/mol. The Morgan fingerprint density at radius 2 is 2.16 bits per heavy atom. The molecule has 1 aliphatic rings. The Kier molecular flexibility index (Phi) is 5.15. The lowest BCUT2D eigenvalue weighted by Crippen LogP contribution is -2.39. The third kappa shape index (κ3) is 3.45. The standard InChI is InChI=1S/C14H16BrCl2NO/c1-9-4-5-18(13(9)8-15)14(19)7-10-2-3-11(16)12(17)6-10/h2-3,6,9,13H,4-5,7-8H2,1H3. The second-order valence-electron chi connectivity index (χ2n) is 5.00. The van der Waals surface area contributed by atoms with Gasteiger partial charge in [0.25, 0.3) is 0 Å². The van der Waals surface area contributed by atoms with Gasteiger partial charge in [-0.2, -0.15) is 0 Å². The van der Waals surface area contributed by atoms with Gasteiger partial charge in [0.15, 0.2) is 0 Å². The zero-order valence-electron chi connectivity index (χ0n) is 10.7. The first-order valence-corrected chi connectivity index (χ1v) is 8.20. The van der Waals surface area contributed by atoms with Crippen LogP contribution < -0.4 is 0 Å². The minimum Gasteiger partial charge on any atom is -0.338 e. The van der Waals surface area contributed by atoms with Crippen LogP contribution in [0.5, 0.6) is 0 Å². The van der Waals surface area contributed by atoms with Crippen molar-refractivity contribution in [3.8, 4) is 0 Å². The Morgan fingerprint density at radius 1 is 1.42 bits per heavy atom. The van der Waals surface area contributed by atoms with Gasteiger partial charge in [0.1, 0.15) is 0 Å². The number of carbonyl (C=O) groups is 1. The molecule has 1 heterocycles. The highest BCUT2D eigenvalue weighted by atomic mass is 79.9. The van der Waals surface area contributed by atoms with Crippen LogP contribution in [0, 0.1) is 5.92 Å². The van der Waals surface area contributed by atoms with Gasteiger partial charge in [-0.1, -0.05) is 52.1 Å². The molecule has 2 rings (SSSR count). The Morgan fingerprint density at radius 3 is 2.79 bits per heavy atom. The second-order valence-corrected chi connectivity index (χ2v) is 6.46. The minimum absolute atomic E-state index is 0.159. The van der Waals surface area contributed by atoms with Gasteiger partial charge in [-0.05, 0) is 30.0 Å². The van der Waals surface area contributed by atoms with Gasteiger partial charge in [0.05, 0.1) is 16.5 Å². The molecule has 0 aliphatic carbocycles. The number of hydrogen-bond donors (Lipinski definition) is 0. The molecule has 0 bridgehead atoms. The summed E-state index contributed by atoms with van der Waals surface area (Å²) in [6, 6.07) is 5.66. The van der Waals surface area contributed by atoms with E-state index in [1.165, 1.54) is 0 Å². The summed E-state index contributed by atoms with van der Waals surface area (Å²) < 4.78 is 0. The average molecular weight is 365 g/mol. The van der Waals surface area contributed by atoms with E-state index in [1.54, 1.807) is 12.1 Å². The molecule has 1 saturated heterocycles. The Hall–Kier alpha value is -0.250. The summed E-state index contributed by atoms with van der Waals surface area (Å²) >= 11 is 15.3. The monoisotopic (exact) mass is 363 g/mol. The quantitative estimate of drug-likeness (QED) is 0.737. The molecule has 1 aliphatic heterocycles. The van der Waals surface area contributed by atoms with E-state index in [4.69, 9.17) is 23.2 Å². The fraction of sp³-hybridized carbons (Fsp3) is 0.500. The summed E-state index contributed by atoms with van der Waals surface area (Å²) in [7, 11) is 0. The lowest BCUT2D eigenvalue weighted by Gasteiger charge is -2.25. The number of rotatable bonds is 3. The maximum absolute atomic E-state index is 12.4. The van der Waals surface area contributed by atoms with Crippen molar-refractivity contribution in [2.24, 2.45) is 5.92 Å². The summed E-state index contributed by atoms with van der Waals surface area (Å²) in [5.74, 6) is 0.712. The number of nitrogens with zero attached hydrogens (tertiary/aromatic N) is 1. The molecule has 0 radical (unpaired) electrons. The molecular formula is C14H16BrCl2NO.